The molecule has 0 radical (unpaired) electrons. The highest BCUT2D eigenvalue weighted by Crippen LogP contribution is 2.35. The average Bonchev–Trinajstić information content (AvgIpc) is 3.22. The van der Waals surface area contributed by atoms with Crippen LogP contribution in [-0.2, 0) is 0 Å². The zero-order chi connectivity index (χ0) is 38.6. The van der Waals surface area contributed by atoms with Gasteiger partial charge in [-0.2, -0.15) is 0 Å². The third-order valence-corrected chi connectivity index (χ3v) is 10.9. The van der Waals surface area contributed by atoms with Crippen LogP contribution in [0.2, 0.25) is 10.0 Å². The summed E-state index contributed by atoms with van der Waals surface area (Å²) in [6.45, 7) is 2.95. The number of rotatable bonds is 10. The lowest BCUT2D eigenvalue weighted by molar-refractivity contribution is 0.103. The Bertz CT molecular complexity index is 2170. The summed E-state index contributed by atoms with van der Waals surface area (Å²) in [4.78, 5) is 37.9. The number of carbonyl (C=O) groups is 1. The van der Waals surface area contributed by atoms with Crippen LogP contribution in [-0.4, -0.2) is 64.0 Å². The number of hydrogen-bond donors (Lipinski definition) is 4. The van der Waals surface area contributed by atoms with Crippen molar-refractivity contribution in [1.29, 1.82) is 0 Å². The van der Waals surface area contributed by atoms with E-state index in [-0.39, 0.29) is 30.3 Å². The zero-order valence-electron chi connectivity index (χ0n) is 31.1. The molecular weight excluding hydrogens is 779 g/mol. The number of aromatic nitrogens is 4. The fourth-order valence-corrected chi connectivity index (χ4v) is 7.46. The van der Waals surface area contributed by atoms with Gasteiger partial charge in [0, 0.05) is 94.3 Å². The summed E-state index contributed by atoms with van der Waals surface area (Å²) < 4.78 is 0. The van der Waals surface area contributed by atoms with E-state index < -0.39 is 0 Å². The lowest BCUT2D eigenvalue weighted by atomic mass is 9.95. The van der Waals surface area contributed by atoms with E-state index in [2.05, 4.69) is 30.4 Å². The van der Waals surface area contributed by atoms with Gasteiger partial charge >= 0.3 is 0 Å². The van der Waals surface area contributed by atoms with Gasteiger partial charge in [-0.25, -0.2) is 19.9 Å². The van der Waals surface area contributed by atoms with E-state index in [1.54, 1.807) is 12.4 Å². The normalized spacial score (nSPS) is 14.9. The van der Waals surface area contributed by atoms with Gasteiger partial charge in [-0.3, -0.25) is 4.79 Å². The van der Waals surface area contributed by atoms with Gasteiger partial charge in [0.05, 0.1) is 22.8 Å². The smallest absolute Gasteiger partial charge is 0.227 e. The molecule has 2 fully saturated rings. The third-order valence-electron chi connectivity index (χ3n) is 10.3. The lowest BCUT2D eigenvalue weighted by Gasteiger charge is -2.35. The molecule has 0 spiro atoms. The summed E-state index contributed by atoms with van der Waals surface area (Å²) in [5, 5.41) is 8.07. The summed E-state index contributed by atoms with van der Waals surface area (Å²) in [5.74, 6) is 0.818. The number of halogens is 3. The molecule has 2 aromatic heterocycles. The van der Waals surface area contributed by atoms with Crippen LogP contribution in [0.15, 0.2) is 109 Å². The van der Waals surface area contributed by atoms with E-state index >= 15 is 0 Å². The molecular formula is C43H43Cl3N10O. The van der Waals surface area contributed by atoms with Gasteiger partial charge in [-0.05, 0) is 98.5 Å². The first kappa shape index (κ1) is 39.9. The number of piperidine rings is 2. The molecule has 0 atom stereocenters. The van der Waals surface area contributed by atoms with Crippen molar-refractivity contribution in [3.05, 3.63) is 131 Å². The standard InChI is InChI=1S/C43H42Cl2N10O.ClH/c44-29-5-1-27(2-6-29)37-13-19-48-42(52-37)50-33-9-11-35(39(25-33)54-21-15-31(46)16-22-54)41(56)36-12-10-34(26-40(36)55-23-17-32(47)18-24-55)51-43-49-20-14-38(53-43)28-3-7-30(45)8-4-28;/h1-14,19-20,25-26,31-32H,15-18,21-24,46-47H2,(H,48,50,52)(H,49,51,53);1H. The summed E-state index contributed by atoms with van der Waals surface area (Å²) in [6, 6.07) is 30.7. The topological polar surface area (TPSA) is 151 Å². The first-order valence-corrected chi connectivity index (χ1v) is 19.6. The third kappa shape index (κ3) is 9.47. The quantitative estimate of drug-likeness (QED) is 0.0981. The molecule has 0 unspecified atom stereocenters. The van der Waals surface area contributed by atoms with Crippen LogP contribution in [0.4, 0.5) is 34.6 Å². The number of carbonyl (C=O) groups excluding carboxylic acids is 1. The molecule has 0 aliphatic carbocycles. The molecule has 11 nitrogen and oxygen atoms in total. The molecule has 57 heavy (non-hydrogen) atoms. The van der Waals surface area contributed by atoms with Gasteiger partial charge in [-0.1, -0.05) is 47.5 Å². The molecule has 2 aliphatic rings. The Morgan fingerprint density at radius 2 is 0.965 bits per heavy atom. The lowest BCUT2D eigenvalue weighted by Crippen LogP contribution is -2.41. The van der Waals surface area contributed by atoms with Crippen LogP contribution in [0, 0.1) is 0 Å². The largest absolute Gasteiger partial charge is 0.371 e. The molecule has 292 valence electrons. The zero-order valence-corrected chi connectivity index (χ0v) is 33.4. The highest BCUT2D eigenvalue weighted by atomic mass is 35.5. The second-order valence-electron chi connectivity index (χ2n) is 14.2. The van der Waals surface area contributed by atoms with E-state index in [9.17, 15) is 4.79 Å². The fourth-order valence-electron chi connectivity index (χ4n) is 7.21. The SMILES string of the molecule is Cl.NC1CCN(c2cc(Nc3nccc(-c4ccc(Cl)cc4)n3)ccc2C(=O)c2ccc(Nc3nccc(-c4ccc(Cl)cc4)n3)cc2N2CCC(N)CC2)CC1. The van der Waals surface area contributed by atoms with Crippen LogP contribution in [0.1, 0.15) is 41.6 Å². The van der Waals surface area contributed by atoms with E-state index in [0.717, 1.165) is 97.1 Å². The van der Waals surface area contributed by atoms with Crippen molar-refractivity contribution in [2.24, 2.45) is 11.5 Å². The Morgan fingerprint density at radius 1 is 0.579 bits per heavy atom. The maximum absolute atomic E-state index is 14.9. The van der Waals surface area contributed by atoms with Crippen LogP contribution in [0.25, 0.3) is 22.5 Å². The molecule has 0 saturated carbocycles. The number of hydrogen-bond acceptors (Lipinski definition) is 11. The molecule has 2 saturated heterocycles. The number of benzene rings is 4. The second kappa shape index (κ2) is 17.9. The minimum atomic E-state index is -0.0696. The Morgan fingerprint density at radius 3 is 1.35 bits per heavy atom. The van der Waals surface area contributed by atoms with E-state index in [1.165, 1.54) is 0 Å². The number of nitrogens with zero attached hydrogens (tertiary/aromatic N) is 6. The summed E-state index contributed by atoms with van der Waals surface area (Å²) >= 11 is 12.2. The maximum atomic E-state index is 14.9. The number of nitrogens with two attached hydrogens (primary N) is 2. The number of nitrogens with one attached hydrogen (secondary N) is 2. The van der Waals surface area contributed by atoms with Crippen LogP contribution in [0.3, 0.4) is 0 Å². The van der Waals surface area contributed by atoms with Crippen LogP contribution < -0.4 is 31.9 Å². The fraction of sp³-hybridized carbons (Fsp3) is 0.233. The molecule has 0 bridgehead atoms. The monoisotopic (exact) mass is 820 g/mol. The maximum Gasteiger partial charge on any atom is 0.227 e. The molecule has 4 heterocycles. The highest BCUT2D eigenvalue weighted by molar-refractivity contribution is 6.31. The van der Waals surface area contributed by atoms with Crippen molar-refractivity contribution in [2.45, 2.75) is 37.8 Å². The molecule has 6 aromatic rings. The number of ketones is 1. The first-order chi connectivity index (χ1) is 27.3. The summed E-state index contributed by atoms with van der Waals surface area (Å²) in [6.07, 6.45) is 6.77. The van der Waals surface area contributed by atoms with Gasteiger partial charge in [0.1, 0.15) is 0 Å². The van der Waals surface area contributed by atoms with Crippen molar-refractivity contribution in [2.75, 3.05) is 46.6 Å². The Kier molecular flexibility index (Phi) is 12.5. The highest BCUT2D eigenvalue weighted by Gasteiger charge is 2.27. The molecule has 2 aliphatic heterocycles. The van der Waals surface area contributed by atoms with Crippen LogP contribution >= 0.6 is 35.6 Å². The van der Waals surface area contributed by atoms with E-state index in [4.69, 9.17) is 44.6 Å². The van der Waals surface area contributed by atoms with Crippen molar-refractivity contribution in [1.82, 2.24) is 19.9 Å². The molecule has 6 N–H and O–H groups in total. The van der Waals surface area contributed by atoms with Crippen molar-refractivity contribution in [3.8, 4) is 22.5 Å². The Labute approximate surface area is 348 Å². The van der Waals surface area contributed by atoms with Gasteiger partial charge in [0.2, 0.25) is 11.9 Å². The molecule has 0 amide bonds. The molecule has 8 rings (SSSR count). The summed E-state index contributed by atoms with van der Waals surface area (Å²) in [5.41, 5.74) is 20.5. The van der Waals surface area contributed by atoms with Gasteiger partial charge < -0.3 is 31.9 Å². The van der Waals surface area contributed by atoms with Gasteiger partial charge in [0.25, 0.3) is 0 Å². The van der Waals surface area contributed by atoms with Crippen LogP contribution in [0.5, 0.6) is 0 Å². The predicted molar refractivity (Wildman–Crippen MR) is 234 cm³/mol. The predicted octanol–water partition coefficient (Wildman–Crippen LogP) is 8.90. The average molecular weight is 822 g/mol. The minimum Gasteiger partial charge on any atom is -0.371 e. The van der Waals surface area contributed by atoms with Crippen molar-refractivity contribution < 1.29 is 4.79 Å². The summed E-state index contributed by atoms with van der Waals surface area (Å²) in [7, 11) is 0. The van der Waals surface area contributed by atoms with Crippen molar-refractivity contribution in [3.63, 3.8) is 0 Å². The number of anilines is 6. The first-order valence-electron chi connectivity index (χ1n) is 18.8. The Balaban J connectivity index is 0.00000496. The second-order valence-corrected chi connectivity index (χ2v) is 15.1. The Hall–Kier alpha value is -5.30. The molecule has 14 heteroatoms. The minimum absolute atomic E-state index is 0. The van der Waals surface area contributed by atoms with Gasteiger partial charge in [0.15, 0.2) is 5.78 Å². The van der Waals surface area contributed by atoms with E-state index in [1.807, 2.05) is 97.1 Å². The van der Waals surface area contributed by atoms with Crippen molar-refractivity contribution >= 4 is 76.0 Å². The van der Waals surface area contributed by atoms with E-state index in [0.29, 0.717) is 33.1 Å². The van der Waals surface area contributed by atoms with Gasteiger partial charge in [-0.15, -0.1) is 12.4 Å². The molecule has 4 aromatic carbocycles.